The molecular weight excluding hydrogens is 338 g/mol. The van der Waals surface area contributed by atoms with Crippen molar-refractivity contribution in [2.24, 2.45) is 5.73 Å². The first-order valence-corrected chi connectivity index (χ1v) is 12.0. The minimum atomic E-state index is 0. The Kier molecular flexibility index (Phi) is 27.6. The average Bonchev–Trinajstić information content (AvgIpc) is 2.60. The molecule has 1 unspecified atom stereocenters. The number of halogens is 1. The average molecular weight is 390 g/mol. The van der Waals surface area contributed by atoms with Gasteiger partial charge in [0.2, 0.25) is 0 Å². The zero-order valence-corrected chi connectivity index (χ0v) is 19.2. The van der Waals surface area contributed by atoms with Crippen LogP contribution in [0.25, 0.3) is 0 Å². The van der Waals surface area contributed by atoms with Gasteiger partial charge in [-0.25, -0.2) is 0 Å². The van der Waals surface area contributed by atoms with E-state index in [1.807, 2.05) is 0 Å². The Morgan fingerprint density at radius 3 is 0.923 bits per heavy atom. The van der Waals surface area contributed by atoms with Gasteiger partial charge in [0.1, 0.15) is 0 Å². The van der Waals surface area contributed by atoms with Gasteiger partial charge in [-0.2, -0.15) is 0 Å². The van der Waals surface area contributed by atoms with Crippen molar-refractivity contribution in [3.8, 4) is 0 Å². The zero-order chi connectivity index (χ0) is 18.4. The molecule has 0 saturated heterocycles. The Morgan fingerprint density at radius 1 is 0.462 bits per heavy atom. The second-order valence-electron chi connectivity index (χ2n) is 8.48. The third kappa shape index (κ3) is 26.5. The molecule has 0 rings (SSSR count). The normalized spacial score (nSPS) is 12.1. The molecule has 0 fully saturated rings. The molecule has 0 heterocycles. The van der Waals surface area contributed by atoms with Crippen molar-refractivity contribution in [1.29, 1.82) is 0 Å². The molecule has 0 aliphatic rings. The number of nitrogens with two attached hydrogens (primary N) is 1. The largest absolute Gasteiger partial charge is 0.328 e. The van der Waals surface area contributed by atoms with Crippen LogP contribution in [0.3, 0.4) is 0 Å². The molecule has 26 heavy (non-hydrogen) atoms. The van der Waals surface area contributed by atoms with Crippen LogP contribution in [-0.4, -0.2) is 6.04 Å². The molecule has 0 amide bonds. The van der Waals surface area contributed by atoms with Gasteiger partial charge in [-0.05, 0) is 13.3 Å². The lowest BCUT2D eigenvalue weighted by atomic mass is 10.0. The lowest BCUT2D eigenvalue weighted by molar-refractivity contribution is 0.516. The Morgan fingerprint density at radius 2 is 0.692 bits per heavy atom. The van der Waals surface area contributed by atoms with Crippen LogP contribution in [0.5, 0.6) is 0 Å². The van der Waals surface area contributed by atoms with E-state index in [1.54, 1.807) is 0 Å². The Labute approximate surface area is 173 Å². The highest BCUT2D eigenvalue weighted by molar-refractivity contribution is 5.85. The van der Waals surface area contributed by atoms with Gasteiger partial charge in [0.15, 0.2) is 0 Å². The van der Waals surface area contributed by atoms with E-state index in [0.717, 1.165) is 0 Å². The predicted molar refractivity (Wildman–Crippen MR) is 124 cm³/mol. The summed E-state index contributed by atoms with van der Waals surface area (Å²) in [7, 11) is 0. The Balaban J connectivity index is 0. The first-order chi connectivity index (χ1) is 12.3. The van der Waals surface area contributed by atoms with Gasteiger partial charge in [0.25, 0.3) is 0 Å². The molecule has 2 heteroatoms. The monoisotopic (exact) mass is 389 g/mol. The molecule has 1 atom stereocenters. The zero-order valence-electron chi connectivity index (χ0n) is 18.4. The summed E-state index contributed by atoms with van der Waals surface area (Å²) in [6.45, 7) is 4.42. The van der Waals surface area contributed by atoms with Gasteiger partial charge in [-0.15, -0.1) is 12.4 Å². The summed E-state index contributed by atoms with van der Waals surface area (Å²) in [6, 6.07) is 0.399. The molecule has 0 aliphatic heterocycles. The van der Waals surface area contributed by atoms with Crippen LogP contribution in [0.2, 0.25) is 0 Å². The quantitative estimate of drug-likeness (QED) is 0.195. The van der Waals surface area contributed by atoms with E-state index < -0.39 is 0 Å². The fourth-order valence-electron chi connectivity index (χ4n) is 3.72. The van der Waals surface area contributed by atoms with Gasteiger partial charge >= 0.3 is 0 Å². The van der Waals surface area contributed by atoms with Crippen molar-refractivity contribution >= 4 is 12.4 Å². The number of unbranched alkanes of at least 4 members (excludes halogenated alkanes) is 19. The van der Waals surface area contributed by atoms with Gasteiger partial charge in [-0.1, -0.05) is 135 Å². The smallest absolute Gasteiger partial charge is 0.00104 e. The maximum atomic E-state index is 5.77. The van der Waals surface area contributed by atoms with E-state index >= 15 is 0 Å². The number of rotatable bonds is 21. The molecule has 0 spiro atoms. The lowest BCUT2D eigenvalue weighted by Gasteiger charge is -2.05. The summed E-state index contributed by atoms with van der Waals surface area (Å²) in [4.78, 5) is 0. The summed E-state index contributed by atoms with van der Waals surface area (Å²) >= 11 is 0. The van der Waals surface area contributed by atoms with E-state index in [-0.39, 0.29) is 12.4 Å². The fraction of sp³-hybridized carbons (Fsp3) is 1.00. The van der Waals surface area contributed by atoms with E-state index in [0.29, 0.717) is 6.04 Å². The molecule has 0 aliphatic carbocycles. The third-order valence-electron chi connectivity index (χ3n) is 5.51. The van der Waals surface area contributed by atoms with Crippen LogP contribution >= 0.6 is 12.4 Å². The van der Waals surface area contributed by atoms with Crippen LogP contribution in [0.4, 0.5) is 0 Å². The molecule has 0 radical (unpaired) electrons. The van der Waals surface area contributed by atoms with Crippen LogP contribution in [0.15, 0.2) is 0 Å². The minimum absolute atomic E-state index is 0. The number of hydrogen-bond acceptors (Lipinski definition) is 1. The maximum absolute atomic E-state index is 5.77. The molecular formula is C24H52ClN. The molecule has 0 aromatic carbocycles. The molecule has 0 saturated carbocycles. The topological polar surface area (TPSA) is 26.0 Å². The summed E-state index contributed by atoms with van der Waals surface area (Å²) in [6.07, 6.45) is 30.2. The molecule has 160 valence electrons. The van der Waals surface area contributed by atoms with Crippen molar-refractivity contribution < 1.29 is 0 Å². The second-order valence-corrected chi connectivity index (χ2v) is 8.48. The minimum Gasteiger partial charge on any atom is -0.328 e. The first-order valence-electron chi connectivity index (χ1n) is 12.0. The highest BCUT2D eigenvalue weighted by Crippen LogP contribution is 2.15. The third-order valence-corrected chi connectivity index (χ3v) is 5.51. The second kappa shape index (κ2) is 25.2. The van der Waals surface area contributed by atoms with Crippen molar-refractivity contribution in [2.75, 3.05) is 0 Å². The summed E-state index contributed by atoms with van der Waals surface area (Å²) < 4.78 is 0. The molecule has 0 aromatic rings. The Bertz CT molecular complexity index is 230. The predicted octanol–water partition coefficient (Wildman–Crippen LogP) is 8.97. The lowest BCUT2D eigenvalue weighted by Crippen LogP contribution is -2.13. The van der Waals surface area contributed by atoms with Crippen molar-refractivity contribution in [2.45, 2.75) is 155 Å². The standard InChI is InChI=1S/C24H51N.ClH/c1-3-4-5-6-7-8-9-10-11-12-13-14-15-16-17-18-19-20-21-22-23-24(2)25;/h24H,3-23,25H2,1-2H3;1H. The van der Waals surface area contributed by atoms with Crippen LogP contribution in [0.1, 0.15) is 149 Å². The van der Waals surface area contributed by atoms with Crippen LogP contribution in [0, 0.1) is 0 Å². The fourth-order valence-corrected chi connectivity index (χ4v) is 3.72. The van der Waals surface area contributed by atoms with Crippen molar-refractivity contribution in [3.63, 3.8) is 0 Å². The Hall–Kier alpha value is 0.250. The number of hydrogen-bond donors (Lipinski definition) is 1. The van der Waals surface area contributed by atoms with E-state index in [4.69, 9.17) is 5.73 Å². The first kappa shape index (κ1) is 28.5. The van der Waals surface area contributed by atoms with Gasteiger partial charge in [0.05, 0.1) is 0 Å². The summed E-state index contributed by atoms with van der Waals surface area (Å²) in [5, 5.41) is 0. The van der Waals surface area contributed by atoms with E-state index in [1.165, 1.54) is 135 Å². The molecule has 0 bridgehead atoms. The molecule has 0 aromatic heterocycles. The van der Waals surface area contributed by atoms with Crippen molar-refractivity contribution in [1.82, 2.24) is 0 Å². The highest BCUT2D eigenvalue weighted by atomic mass is 35.5. The summed E-state index contributed by atoms with van der Waals surface area (Å²) in [5.41, 5.74) is 5.77. The molecule has 2 N–H and O–H groups in total. The highest BCUT2D eigenvalue weighted by Gasteiger charge is 1.96. The van der Waals surface area contributed by atoms with Crippen LogP contribution in [-0.2, 0) is 0 Å². The van der Waals surface area contributed by atoms with E-state index in [9.17, 15) is 0 Å². The van der Waals surface area contributed by atoms with Crippen LogP contribution < -0.4 is 5.73 Å². The summed E-state index contributed by atoms with van der Waals surface area (Å²) in [5.74, 6) is 0. The maximum Gasteiger partial charge on any atom is 0.00104 e. The van der Waals surface area contributed by atoms with Gasteiger partial charge in [-0.3, -0.25) is 0 Å². The molecule has 1 nitrogen and oxygen atoms in total. The SMILES string of the molecule is CCCCCCCCCCCCCCCCCCCCCCC(C)N.Cl. The van der Waals surface area contributed by atoms with Gasteiger partial charge < -0.3 is 5.73 Å². The van der Waals surface area contributed by atoms with Gasteiger partial charge in [0, 0.05) is 6.04 Å². The van der Waals surface area contributed by atoms with E-state index in [2.05, 4.69) is 13.8 Å². The van der Waals surface area contributed by atoms with Crippen molar-refractivity contribution in [3.05, 3.63) is 0 Å².